The van der Waals surface area contributed by atoms with Crippen LogP contribution >= 0.6 is 11.8 Å². The Morgan fingerprint density at radius 3 is 3.00 bits per heavy atom. The van der Waals surface area contributed by atoms with Crippen LogP contribution in [0.25, 0.3) is 0 Å². The van der Waals surface area contributed by atoms with Crippen LogP contribution < -0.4 is 4.74 Å². The molecule has 1 aliphatic heterocycles. The topological polar surface area (TPSA) is 12.5 Å². The largest absolute Gasteiger partial charge is 0.496 e. The van der Waals surface area contributed by atoms with Crippen molar-refractivity contribution in [1.82, 2.24) is 4.90 Å². The lowest BCUT2D eigenvalue weighted by Gasteiger charge is -2.20. The van der Waals surface area contributed by atoms with Crippen molar-refractivity contribution in [3.8, 4) is 5.75 Å². The Kier molecular flexibility index (Phi) is 4.55. The van der Waals surface area contributed by atoms with Gasteiger partial charge in [0.15, 0.2) is 0 Å². The quantitative estimate of drug-likeness (QED) is 0.802. The second kappa shape index (κ2) is 6.16. The number of methoxy groups -OCH3 is 1. The molecule has 0 unspecified atom stereocenters. The third-order valence-electron chi connectivity index (χ3n) is 2.90. The second-order valence-electron chi connectivity index (χ2n) is 4.05. The van der Waals surface area contributed by atoms with E-state index in [2.05, 4.69) is 28.8 Å². The van der Waals surface area contributed by atoms with Gasteiger partial charge in [0, 0.05) is 24.4 Å². The van der Waals surface area contributed by atoms with E-state index in [9.17, 15) is 0 Å². The van der Waals surface area contributed by atoms with Crippen LogP contribution in [0.3, 0.4) is 0 Å². The van der Waals surface area contributed by atoms with Gasteiger partial charge in [0.2, 0.25) is 0 Å². The van der Waals surface area contributed by atoms with Crippen molar-refractivity contribution < 1.29 is 4.74 Å². The molecular formula is C13H19NOS. The molecule has 0 saturated carbocycles. The van der Waals surface area contributed by atoms with E-state index in [0.717, 1.165) is 12.3 Å². The monoisotopic (exact) mass is 237 g/mol. The summed E-state index contributed by atoms with van der Waals surface area (Å²) in [5.41, 5.74) is 1.30. The molecule has 16 heavy (non-hydrogen) atoms. The Morgan fingerprint density at radius 1 is 1.25 bits per heavy atom. The summed E-state index contributed by atoms with van der Waals surface area (Å²) in [6.45, 7) is 3.43. The second-order valence-corrected chi connectivity index (χ2v) is 5.28. The fraction of sp³-hybridized carbons (Fsp3) is 0.538. The first-order valence-electron chi connectivity index (χ1n) is 5.82. The average Bonchev–Trinajstić information content (AvgIpc) is 2.58. The third kappa shape index (κ3) is 3.16. The van der Waals surface area contributed by atoms with Crippen LogP contribution in [-0.4, -0.2) is 36.6 Å². The maximum absolute atomic E-state index is 5.39. The molecule has 0 aromatic heterocycles. The predicted octanol–water partition coefficient (Wildman–Crippen LogP) is 2.63. The van der Waals surface area contributed by atoms with Crippen molar-refractivity contribution in [3.05, 3.63) is 29.8 Å². The molecule has 1 aromatic rings. The molecule has 3 heteroatoms. The zero-order chi connectivity index (χ0) is 11.2. The van der Waals surface area contributed by atoms with Gasteiger partial charge in [-0.05, 0) is 24.8 Å². The van der Waals surface area contributed by atoms with Gasteiger partial charge in [0.25, 0.3) is 0 Å². The molecule has 0 aliphatic carbocycles. The molecule has 2 rings (SSSR count). The summed E-state index contributed by atoms with van der Waals surface area (Å²) in [5.74, 6) is 3.58. The fourth-order valence-corrected chi connectivity index (χ4v) is 2.95. The lowest BCUT2D eigenvalue weighted by Crippen LogP contribution is -2.25. The number of para-hydroxylation sites is 1. The molecule has 1 fully saturated rings. The van der Waals surface area contributed by atoms with Gasteiger partial charge >= 0.3 is 0 Å². The van der Waals surface area contributed by atoms with E-state index in [1.54, 1.807) is 7.11 Å². The molecule has 1 aliphatic rings. The van der Waals surface area contributed by atoms with Gasteiger partial charge in [0.05, 0.1) is 7.11 Å². The van der Waals surface area contributed by atoms with Crippen molar-refractivity contribution in [1.29, 1.82) is 0 Å². The molecule has 0 atom stereocenters. The SMILES string of the molecule is COc1ccccc1CN1CCCSCC1. The predicted molar refractivity (Wildman–Crippen MR) is 70.2 cm³/mol. The lowest BCUT2D eigenvalue weighted by molar-refractivity contribution is 0.281. The van der Waals surface area contributed by atoms with Crippen LogP contribution in [-0.2, 0) is 6.54 Å². The van der Waals surface area contributed by atoms with Crippen LogP contribution in [0.5, 0.6) is 5.75 Å². The van der Waals surface area contributed by atoms with Crippen molar-refractivity contribution in [2.75, 3.05) is 31.7 Å². The molecule has 88 valence electrons. The van der Waals surface area contributed by atoms with Gasteiger partial charge in [-0.2, -0.15) is 11.8 Å². The Hall–Kier alpha value is -0.670. The van der Waals surface area contributed by atoms with Gasteiger partial charge in [-0.1, -0.05) is 18.2 Å². The smallest absolute Gasteiger partial charge is 0.123 e. The maximum Gasteiger partial charge on any atom is 0.123 e. The normalized spacial score (nSPS) is 18.1. The minimum absolute atomic E-state index is 1.01. The third-order valence-corrected chi connectivity index (χ3v) is 3.95. The van der Waals surface area contributed by atoms with Crippen LogP contribution in [0, 0.1) is 0 Å². The van der Waals surface area contributed by atoms with Crippen LogP contribution in [0.15, 0.2) is 24.3 Å². The highest BCUT2D eigenvalue weighted by Gasteiger charge is 2.11. The summed E-state index contributed by atoms with van der Waals surface area (Å²) in [7, 11) is 1.75. The summed E-state index contributed by atoms with van der Waals surface area (Å²) >= 11 is 2.07. The standard InChI is InChI=1S/C13H19NOS/c1-15-13-6-3-2-5-12(13)11-14-7-4-9-16-10-8-14/h2-3,5-6H,4,7-11H2,1H3. The molecule has 0 N–H and O–H groups in total. The molecule has 2 nitrogen and oxygen atoms in total. The first-order chi connectivity index (χ1) is 7.90. The van der Waals surface area contributed by atoms with E-state index in [1.807, 2.05) is 12.1 Å². The summed E-state index contributed by atoms with van der Waals surface area (Å²) in [4.78, 5) is 2.53. The number of ether oxygens (including phenoxy) is 1. The molecule has 1 aromatic carbocycles. The number of rotatable bonds is 3. The number of benzene rings is 1. The van der Waals surface area contributed by atoms with E-state index in [-0.39, 0.29) is 0 Å². The van der Waals surface area contributed by atoms with Gasteiger partial charge in [-0.15, -0.1) is 0 Å². The van der Waals surface area contributed by atoms with Crippen molar-refractivity contribution in [2.45, 2.75) is 13.0 Å². The highest BCUT2D eigenvalue weighted by atomic mass is 32.2. The molecule has 0 radical (unpaired) electrons. The highest BCUT2D eigenvalue weighted by Crippen LogP contribution is 2.20. The maximum atomic E-state index is 5.39. The van der Waals surface area contributed by atoms with E-state index in [1.165, 1.54) is 36.6 Å². The summed E-state index contributed by atoms with van der Waals surface area (Å²) < 4.78 is 5.39. The van der Waals surface area contributed by atoms with E-state index in [0.29, 0.717) is 0 Å². The van der Waals surface area contributed by atoms with Crippen molar-refractivity contribution in [2.24, 2.45) is 0 Å². The highest BCUT2D eigenvalue weighted by molar-refractivity contribution is 7.99. The molecule has 0 amide bonds. The number of hydrogen-bond donors (Lipinski definition) is 0. The van der Waals surface area contributed by atoms with Crippen molar-refractivity contribution in [3.63, 3.8) is 0 Å². The molecule has 1 heterocycles. The number of nitrogens with zero attached hydrogens (tertiary/aromatic N) is 1. The fourth-order valence-electron chi connectivity index (χ4n) is 2.03. The molecular weight excluding hydrogens is 218 g/mol. The zero-order valence-electron chi connectivity index (χ0n) is 9.82. The zero-order valence-corrected chi connectivity index (χ0v) is 10.6. The van der Waals surface area contributed by atoms with Crippen LogP contribution in [0.2, 0.25) is 0 Å². The van der Waals surface area contributed by atoms with Crippen LogP contribution in [0.4, 0.5) is 0 Å². The summed E-state index contributed by atoms with van der Waals surface area (Å²) in [5, 5.41) is 0. The Balaban J connectivity index is 2.01. The Bertz CT molecular complexity index is 321. The lowest BCUT2D eigenvalue weighted by atomic mass is 10.2. The van der Waals surface area contributed by atoms with Gasteiger partial charge in [-0.3, -0.25) is 4.90 Å². The van der Waals surface area contributed by atoms with Gasteiger partial charge in [0.1, 0.15) is 5.75 Å². The minimum atomic E-state index is 1.01. The first-order valence-corrected chi connectivity index (χ1v) is 6.97. The van der Waals surface area contributed by atoms with Gasteiger partial charge < -0.3 is 4.74 Å². The van der Waals surface area contributed by atoms with E-state index in [4.69, 9.17) is 4.74 Å². The summed E-state index contributed by atoms with van der Waals surface area (Å²) in [6, 6.07) is 8.32. The number of thioether (sulfide) groups is 1. The molecule has 1 saturated heterocycles. The Labute approximate surface area is 102 Å². The molecule has 0 bridgehead atoms. The molecule has 0 spiro atoms. The van der Waals surface area contributed by atoms with Gasteiger partial charge in [-0.25, -0.2) is 0 Å². The van der Waals surface area contributed by atoms with Crippen molar-refractivity contribution >= 4 is 11.8 Å². The average molecular weight is 237 g/mol. The Morgan fingerprint density at radius 2 is 2.12 bits per heavy atom. The van der Waals surface area contributed by atoms with E-state index >= 15 is 0 Å². The van der Waals surface area contributed by atoms with Crippen LogP contribution in [0.1, 0.15) is 12.0 Å². The van der Waals surface area contributed by atoms with E-state index < -0.39 is 0 Å². The first kappa shape index (κ1) is 11.8. The summed E-state index contributed by atoms with van der Waals surface area (Å²) in [6.07, 6.45) is 1.31. The minimum Gasteiger partial charge on any atom is -0.496 e. The number of hydrogen-bond acceptors (Lipinski definition) is 3.